The molecule has 22 heavy (non-hydrogen) atoms. The zero-order valence-corrected chi connectivity index (χ0v) is 13.7. The first kappa shape index (κ1) is 16.4. The van der Waals surface area contributed by atoms with Gasteiger partial charge in [-0.05, 0) is 18.1 Å². The van der Waals surface area contributed by atoms with Crippen molar-refractivity contribution in [3.05, 3.63) is 46.5 Å². The van der Waals surface area contributed by atoms with E-state index in [9.17, 15) is 13.2 Å². The maximum absolute atomic E-state index is 11.1. The van der Waals surface area contributed by atoms with Gasteiger partial charge in [0, 0.05) is 11.8 Å². The predicted molar refractivity (Wildman–Crippen MR) is 85.9 cm³/mol. The molecule has 0 saturated carbocycles. The van der Waals surface area contributed by atoms with E-state index in [0.29, 0.717) is 11.6 Å². The number of aromatic nitrogens is 1. The average Bonchev–Trinajstić information content (AvgIpc) is 2.83. The van der Waals surface area contributed by atoms with Crippen LogP contribution >= 0.6 is 11.3 Å². The quantitative estimate of drug-likeness (QED) is 0.841. The van der Waals surface area contributed by atoms with E-state index in [4.69, 9.17) is 5.11 Å². The topological polar surface area (TPSA) is 96.4 Å². The number of anilines is 1. The summed E-state index contributed by atoms with van der Waals surface area (Å²) in [6, 6.07) is 7.29. The Morgan fingerprint density at radius 1 is 1.36 bits per heavy atom. The van der Waals surface area contributed by atoms with E-state index < -0.39 is 21.9 Å². The number of hydrogen-bond acceptors (Lipinski definition) is 5. The lowest BCUT2D eigenvalue weighted by atomic mass is 9.99. The molecule has 2 rings (SSSR count). The van der Waals surface area contributed by atoms with Crippen LogP contribution in [0, 0.1) is 0 Å². The molecule has 0 radical (unpaired) electrons. The number of carbonyl (C=O) groups is 1. The van der Waals surface area contributed by atoms with Gasteiger partial charge in [0.2, 0.25) is 10.0 Å². The van der Waals surface area contributed by atoms with Crippen molar-refractivity contribution in [3.63, 3.8) is 0 Å². The third-order valence-electron chi connectivity index (χ3n) is 3.06. The molecule has 0 aliphatic rings. The average molecular weight is 340 g/mol. The molecule has 0 spiro atoms. The number of benzene rings is 1. The maximum Gasteiger partial charge on any atom is 0.310 e. The number of sulfonamides is 1. The molecule has 118 valence electrons. The van der Waals surface area contributed by atoms with Gasteiger partial charge < -0.3 is 5.11 Å². The van der Waals surface area contributed by atoms with Crippen LogP contribution in [0.2, 0.25) is 0 Å². The van der Waals surface area contributed by atoms with Gasteiger partial charge in [0.25, 0.3) is 0 Å². The van der Waals surface area contributed by atoms with Crippen LogP contribution in [-0.2, 0) is 21.2 Å². The second-order valence-corrected chi connectivity index (χ2v) is 7.60. The first-order valence-electron chi connectivity index (χ1n) is 6.48. The summed E-state index contributed by atoms with van der Waals surface area (Å²) in [5, 5.41) is 11.1. The van der Waals surface area contributed by atoms with Crippen molar-refractivity contribution in [2.75, 3.05) is 11.0 Å². The highest BCUT2D eigenvalue weighted by atomic mass is 32.2. The Morgan fingerprint density at radius 3 is 2.55 bits per heavy atom. The lowest BCUT2D eigenvalue weighted by Crippen LogP contribution is -2.09. The van der Waals surface area contributed by atoms with Crippen molar-refractivity contribution in [1.82, 2.24) is 4.98 Å². The standard InChI is InChI=1S/C14H16N2O4S2/c1-9(13(17)18)11-5-3-10(4-6-11)7-12-8-21-14(15-12)16-22(2,19)20/h3-6,8-9H,7H2,1-2H3,(H,15,16)(H,17,18). The lowest BCUT2D eigenvalue weighted by Gasteiger charge is -2.07. The van der Waals surface area contributed by atoms with Crippen LogP contribution in [0.4, 0.5) is 5.13 Å². The van der Waals surface area contributed by atoms with Crippen molar-refractivity contribution in [3.8, 4) is 0 Å². The van der Waals surface area contributed by atoms with E-state index in [1.807, 2.05) is 12.1 Å². The minimum Gasteiger partial charge on any atom is -0.481 e. The largest absolute Gasteiger partial charge is 0.481 e. The van der Waals surface area contributed by atoms with E-state index >= 15 is 0 Å². The van der Waals surface area contributed by atoms with Gasteiger partial charge in [-0.25, -0.2) is 13.4 Å². The molecule has 0 aliphatic carbocycles. The fourth-order valence-electron chi connectivity index (χ4n) is 1.87. The van der Waals surface area contributed by atoms with Crippen molar-refractivity contribution >= 4 is 32.5 Å². The Labute approximate surface area is 132 Å². The SMILES string of the molecule is CC(C(=O)O)c1ccc(Cc2csc(NS(C)(=O)=O)n2)cc1. The van der Waals surface area contributed by atoms with Crippen LogP contribution in [0.3, 0.4) is 0 Å². The second kappa shape index (κ2) is 6.45. The van der Waals surface area contributed by atoms with Crippen LogP contribution < -0.4 is 4.72 Å². The van der Waals surface area contributed by atoms with E-state index in [1.165, 1.54) is 11.3 Å². The smallest absolute Gasteiger partial charge is 0.310 e. The first-order valence-corrected chi connectivity index (χ1v) is 9.25. The molecule has 0 fully saturated rings. The zero-order chi connectivity index (χ0) is 16.3. The molecule has 8 heteroatoms. The molecular formula is C14H16N2O4S2. The summed E-state index contributed by atoms with van der Waals surface area (Å²) >= 11 is 1.23. The summed E-state index contributed by atoms with van der Waals surface area (Å²) in [6.07, 6.45) is 1.64. The molecule has 1 aromatic heterocycles. The molecular weight excluding hydrogens is 324 g/mol. The minimum absolute atomic E-state index is 0.341. The Balaban J connectivity index is 2.07. The highest BCUT2D eigenvalue weighted by Crippen LogP contribution is 2.21. The molecule has 0 saturated heterocycles. The number of carboxylic acids is 1. The normalized spacial score (nSPS) is 12.8. The van der Waals surface area contributed by atoms with Gasteiger partial charge in [0.1, 0.15) is 0 Å². The molecule has 2 aromatic rings. The van der Waals surface area contributed by atoms with Crippen molar-refractivity contribution < 1.29 is 18.3 Å². The van der Waals surface area contributed by atoms with E-state index in [0.717, 1.165) is 23.1 Å². The third kappa shape index (κ3) is 4.54. The van der Waals surface area contributed by atoms with E-state index in [1.54, 1.807) is 24.4 Å². The predicted octanol–water partition coefficient (Wildman–Crippen LogP) is 2.29. The molecule has 1 unspecified atom stereocenters. The summed E-state index contributed by atoms with van der Waals surface area (Å²) in [5.41, 5.74) is 2.49. The highest BCUT2D eigenvalue weighted by molar-refractivity contribution is 7.92. The van der Waals surface area contributed by atoms with Gasteiger partial charge in [0.15, 0.2) is 5.13 Å². The van der Waals surface area contributed by atoms with Crippen LogP contribution in [0.25, 0.3) is 0 Å². The summed E-state index contributed by atoms with van der Waals surface area (Å²) in [4.78, 5) is 15.1. The number of nitrogens with one attached hydrogen (secondary N) is 1. The number of thiazole rings is 1. The summed E-state index contributed by atoms with van der Waals surface area (Å²) in [6.45, 7) is 1.64. The van der Waals surface area contributed by atoms with Gasteiger partial charge in [-0.3, -0.25) is 9.52 Å². The number of carboxylic acid groups (broad SMARTS) is 1. The van der Waals surface area contributed by atoms with Crippen LogP contribution in [0.1, 0.15) is 29.7 Å². The molecule has 2 N–H and O–H groups in total. The number of aliphatic carboxylic acids is 1. The van der Waals surface area contributed by atoms with Crippen LogP contribution in [-0.4, -0.2) is 30.7 Å². The van der Waals surface area contributed by atoms with E-state index in [2.05, 4.69) is 9.71 Å². The molecule has 6 nitrogen and oxygen atoms in total. The number of rotatable bonds is 6. The highest BCUT2D eigenvalue weighted by Gasteiger charge is 2.13. The fraction of sp³-hybridized carbons (Fsp3) is 0.286. The first-order chi connectivity index (χ1) is 10.2. The number of hydrogen-bond donors (Lipinski definition) is 2. The molecule has 1 aromatic carbocycles. The van der Waals surface area contributed by atoms with Gasteiger partial charge in [0.05, 0.1) is 17.9 Å². The van der Waals surface area contributed by atoms with Gasteiger partial charge in [-0.2, -0.15) is 0 Å². The minimum atomic E-state index is -3.32. The van der Waals surface area contributed by atoms with Crippen LogP contribution in [0.15, 0.2) is 29.6 Å². The maximum atomic E-state index is 11.1. The van der Waals surface area contributed by atoms with Crippen LogP contribution in [0.5, 0.6) is 0 Å². The monoisotopic (exact) mass is 340 g/mol. The molecule has 1 heterocycles. The Bertz CT molecular complexity index is 766. The van der Waals surface area contributed by atoms with E-state index in [-0.39, 0.29) is 0 Å². The van der Waals surface area contributed by atoms with Gasteiger partial charge >= 0.3 is 5.97 Å². The third-order valence-corrected chi connectivity index (χ3v) is 4.56. The second-order valence-electron chi connectivity index (χ2n) is 5.00. The number of nitrogens with zero attached hydrogens (tertiary/aromatic N) is 1. The summed E-state index contributed by atoms with van der Waals surface area (Å²) in [7, 11) is -3.32. The molecule has 1 atom stereocenters. The van der Waals surface area contributed by atoms with Crippen molar-refractivity contribution in [1.29, 1.82) is 0 Å². The summed E-state index contributed by atoms with van der Waals surface area (Å²) in [5.74, 6) is -1.40. The van der Waals surface area contributed by atoms with Gasteiger partial charge in [-0.1, -0.05) is 24.3 Å². The summed E-state index contributed by atoms with van der Waals surface area (Å²) < 4.78 is 24.6. The lowest BCUT2D eigenvalue weighted by molar-refractivity contribution is -0.138. The van der Waals surface area contributed by atoms with Crippen molar-refractivity contribution in [2.45, 2.75) is 19.3 Å². The Kier molecular flexibility index (Phi) is 4.82. The fourth-order valence-corrected chi connectivity index (χ4v) is 3.43. The Morgan fingerprint density at radius 2 is 2.00 bits per heavy atom. The molecule has 0 bridgehead atoms. The van der Waals surface area contributed by atoms with Gasteiger partial charge in [-0.15, -0.1) is 11.3 Å². The Hall–Kier alpha value is -1.93. The molecule has 0 amide bonds. The zero-order valence-electron chi connectivity index (χ0n) is 12.1. The van der Waals surface area contributed by atoms with Crippen molar-refractivity contribution in [2.24, 2.45) is 0 Å². The molecule has 0 aliphatic heterocycles.